The van der Waals surface area contributed by atoms with Crippen LogP contribution in [-0.2, 0) is 0 Å². The molecule has 3 aromatic rings. The van der Waals surface area contributed by atoms with Crippen LogP contribution in [0.3, 0.4) is 0 Å². The molecule has 6 rings (SSSR count). The molecule has 0 spiro atoms. The Morgan fingerprint density at radius 3 is 2.61 bits per heavy atom. The highest BCUT2D eigenvalue weighted by atomic mass is 32.1. The number of hydrazone groups is 1. The Balaban J connectivity index is 1.41. The summed E-state index contributed by atoms with van der Waals surface area (Å²) in [5.41, 5.74) is 8.51. The third-order valence-electron chi connectivity index (χ3n) is 6.75. The maximum absolute atomic E-state index is 13.3. The first-order valence-corrected chi connectivity index (χ1v) is 11.3. The fourth-order valence-electron chi connectivity index (χ4n) is 4.66. The van der Waals surface area contributed by atoms with Gasteiger partial charge in [-0.05, 0) is 77.8 Å². The Kier molecular flexibility index (Phi) is 4.89. The topological polar surface area (TPSA) is 57.5 Å². The molecule has 2 bridgehead atoms. The summed E-state index contributed by atoms with van der Waals surface area (Å²) >= 11 is 1.50. The van der Waals surface area contributed by atoms with Gasteiger partial charge in [0.2, 0.25) is 5.13 Å². The Labute approximate surface area is 185 Å². The molecule has 3 fully saturated rings. The number of aromatic hydroxyl groups is 1. The number of hydrogen-bond acceptors (Lipinski definition) is 5. The molecule has 3 saturated carbocycles. The fraction of sp³-hybridized carbons (Fsp3) is 0.280. The average Bonchev–Trinajstić information content (AvgIpc) is 3.23. The van der Waals surface area contributed by atoms with E-state index in [-0.39, 0.29) is 17.0 Å². The number of allylic oxidation sites excluding steroid dienone is 1. The van der Waals surface area contributed by atoms with Gasteiger partial charge >= 0.3 is 0 Å². The first kappa shape index (κ1) is 19.9. The van der Waals surface area contributed by atoms with Crippen LogP contribution < -0.4 is 5.43 Å². The molecule has 2 atom stereocenters. The van der Waals surface area contributed by atoms with Gasteiger partial charge in [0.15, 0.2) is 0 Å². The van der Waals surface area contributed by atoms with Crippen molar-refractivity contribution in [3.63, 3.8) is 0 Å². The molecule has 2 unspecified atom stereocenters. The highest BCUT2D eigenvalue weighted by Gasteiger charge is 2.54. The predicted molar refractivity (Wildman–Crippen MR) is 125 cm³/mol. The lowest BCUT2D eigenvalue weighted by atomic mass is 9.47. The number of hydrogen-bond donors (Lipinski definition) is 2. The Morgan fingerprint density at radius 1 is 1.16 bits per heavy atom. The number of anilines is 1. The van der Waals surface area contributed by atoms with Gasteiger partial charge < -0.3 is 5.11 Å². The third kappa shape index (κ3) is 3.76. The van der Waals surface area contributed by atoms with Crippen molar-refractivity contribution in [1.82, 2.24) is 4.98 Å². The quantitative estimate of drug-likeness (QED) is 0.457. The summed E-state index contributed by atoms with van der Waals surface area (Å²) in [4.78, 5) is 4.65. The summed E-state index contributed by atoms with van der Waals surface area (Å²) in [5.74, 6) is 1.08. The Morgan fingerprint density at radius 2 is 1.90 bits per heavy atom. The summed E-state index contributed by atoms with van der Waals surface area (Å²) in [6.07, 6.45) is 4.28. The molecule has 1 aromatic heterocycles. The zero-order chi connectivity index (χ0) is 21.6. The van der Waals surface area contributed by atoms with E-state index in [9.17, 15) is 9.50 Å². The largest absolute Gasteiger partial charge is 0.508 e. The van der Waals surface area contributed by atoms with Gasteiger partial charge in [-0.25, -0.2) is 9.37 Å². The average molecular weight is 434 g/mol. The highest BCUT2D eigenvalue weighted by Crippen LogP contribution is 2.59. The number of nitrogens with one attached hydrogen (secondary N) is 1. The van der Waals surface area contributed by atoms with Crippen LogP contribution in [0.15, 0.2) is 64.6 Å². The molecule has 0 saturated heterocycles. The van der Waals surface area contributed by atoms with E-state index in [1.54, 1.807) is 12.1 Å². The molecule has 1 heterocycles. The normalized spacial score (nSPS) is 24.2. The van der Waals surface area contributed by atoms with Crippen molar-refractivity contribution in [3.8, 4) is 17.0 Å². The number of aromatic nitrogens is 1. The van der Waals surface area contributed by atoms with E-state index in [4.69, 9.17) is 5.10 Å². The van der Waals surface area contributed by atoms with Gasteiger partial charge in [-0.1, -0.05) is 26.0 Å². The molecule has 3 aliphatic carbocycles. The van der Waals surface area contributed by atoms with E-state index in [1.165, 1.54) is 29.0 Å². The van der Waals surface area contributed by atoms with Crippen LogP contribution in [0.5, 0.6) is 5.75 Å². The summed E-state index contributed by atoms with van der Waals surface area (Å²) in [6, 6.07) is 13.6. The molecule has 31 heavy (non-hydrogen) atoms. The van der Waals surface area contributed by atoms with Gasteiger partial charge in [-0.3, -0.25) is 5.43 Å². The molecular formula is C25H24FN3OS. The number of halogens is 1. The van der Waals surface area contributed by atoms with Crippen LogP contribution in [0.25, 0.3) is 17.3 Å². The van der Waals surface area contributed by atoms with E-state index < -0.39 is 0 Å². The summed E-state index contributed by atoms with van der Waals surface area (Å²) in [6.45, 7) is 4.64. The number of rotatable bonds is 4. The van der Waals surface area contributed by atoms with Crippen LogP contribution in [0, 0.1) is 23.1 Å². The fourth-order valence-corrected chi connectivity index (χ4v) is 5.32. The monoisotopic (exact) mass is 433 g/mol. The molecule has 3 aliphatic rings. The first-order chi connectivity index (χ1) is 14.9. The van der Waals surface area contributed by atoms with Crippen molar-refractivity contribution in [2.75, 3.05) is 5.43 Å². The second kappa shape index (κ2) is 7.61. The van der Waals surface area contributed by atoms with Gasteiger partial charge in [0.25, 0.3) is 0 Å². The van der Waals surface area contributed by atoms with Gasteiger partial charge in [0.05, 0.1) is 11.4 Å². The van der Waals surface area contributed by atoms with E-state index in [0.29, 0.717) is 11.8 Å². The zero-order valence-electron chi connectivity index (χ0n) is 17.5. The van der Waals surface area contributed by atoms with Crippen molar-refractivity contribution >= 4 is 28.3 Å². The lowest BCUT2D eigenvalue weighted by Crippen LogP contribution is -2.53. The number of phenols is 1. The van der Waals surface area contributed by atoms with Crippen molar-refractivity contribution < 1.29 is 9.50 Å². The van der Waals surface area contributed by atoms with Crippen LogP contribution in [0.1, 0.15) is 32.3 Å². The SMILES string of the molecule is CC1(C)C2CC(=Cc3ccc(F)cc3)C(=NNc3nc(-c4ccc(O)cc4)cs3)C1C2. The van der Waals surface area contributed by atoms with Crippen LogP contribution in [-0.4, -0.2) is 15.8 Å². The summed E-state index contributed by atoms with van der Waals surface area (Å²) in [5, 5.41) is 17.0. The second-order valence-corrected chi connectivity index (χ2v) is 9.78. The van der Waals surface area contributed by atoms with Gasteiger partial charge in [-0.2, -0.15) is 5.10 Å². The van der Waals surface area contributed by atoms with Crippen molar-refractivity contribution in [2.45, 2.75) is 26.7 Å². The smallest absolute Gasteiger partial charge is 0.203 e. The van der Waals surface area contributed by atoms with Crippen molar-refractivity contribution in [1.29, 1.82) is 0 Å². The third-order valence-corrected chi connectivity index (χ3v) is 7.49. The van der Waals surface area contributed by atoms with Crippen LogP contribution in [0.4, 0.5) is 9.52 Å². The minimum absolute atomic E-state index is 0.224. The molecule has 0 amide bonds. The molecule has 158 valence electrons. The lowest BCUT2D eigenvalue weighted by molar-refractivity contribution is 0.0143. The highest BCUT2D eigenvalue weighted by molar-refractivity contribution is 7.14. The molecule has 6 heteroatoms. The number of fused-ring (bicyclic) bond motifs is 2. The Bertz CT molecular complexity index is 1160. The predicted octanol–water partition coefficient (Wildman–Crippen LogP) is 6.57. The second-order valence-electron chi connectivity index (χ2n) is 8.93. The van der Waals surface area contributed by atoms with Gasteiger partial charge in [0, 0.05) is 16.9 Å². The van der Waals surface area contributed by atoms with E-state index in [1.807, 2.05) is 29.6 Å². The maximum Gasteiger partial charge on any atom is 0.203 e. The minimum atomic E-state index is -0.224. The van der Waals surface area contributed by atoms with Crippen molar-refractivity contribution in [3.05, 3.63) is 70.9 Å². The molecule has 2 N–H and O–H groups in total. The van der Waals surface area contributed by atoms with Gasteiger partial charge in [0.1, 0.15) is 11.6 Å². The number of thiazole rings is 1. The molecule has 2 aromatic carbocycles. The van der Waals surface area contributed by atoms with Crippen LogP contribution in [0.2, 0.25) is 0 Å². The van der Waals surface area contributed by atoms with Gasteiger partial charge in [-0.15, -0.1) is 11.3 Å². The number of benzene rings is 2. The van der Waals surface area contributed by atoms with E-state index >= 15 is 0 Å². The summed E-state index contributed by atoms with van der Waals surface area (Å²) in [7, 11) is 0. The zero-order valence-corrected chi connectivity index (χ0v) is 18.3. The summed E-state index contributed by atoms with van der Waals surface area (Å²) < 4.78 is 13.3. The Hall–Kier alpha value is -2.99. The minimum Gasteiger partial charge on any atom is -0.508 e. The molecule has 4 nitrogen and oxygen atoms in total. The van der Waals surface area contributed by atoms with Crippen molar-refractivity contribution in [2.24, 2.45) is 22.4 Å². The van der Waals surface area contributed by atoms with E-state index in [2.05, 4.69) is 30.3 Å². The maximum atomic E-state index is 13.3. The first-order valence-electron chi connectivity index (χ1n) is 10.4. The van der Waals surface area contributed by atoms with Crippen LogP contribution >= 0.6 is 11.3 Å². The molecular weight excluding hydrogens is 409 g/mol. The number of nitrogens with zero attached hydrogens (tertiary/aromatic N) is 2. The lowest BCUT2D eigenvalue weighted by Gasteiger charge is -2.57. The standard InChI is InChI=1S/C25H24FN3OS/c1-25(2)18-12-17(11-15-3-7-19(26)8-4-15)23(21(25)13-18)28-29-24-27-22(14-31-24)16-5-9-20(30)10-6-16/h3-11,14,18,21,30H,12-13H2,1-2H3,(H,27,29). The van der Waals surface area contributed by atoms with E-state index in [0.717, 1.165) is 40.5 Å². The number of phenolic OH excluding ortho intramolecular Hbond substituents is 1. The molecule has 0 aliphatic heterocycles. The molecule has 0 radical (unpaired) electrons.